The van der Waals surface area contributed by atoms with E-state index in [0.29, 0.717) is 0 Å². The molecule has 0 N–H and O–H groups in total. The van der Waals surface area contributed by atoms with Crippen molar-refractivity contribution in [3.63, 3.8) is 0 Å². The molecule has 17 heavy (non-hydrogen) atoms. The fraction of sp³-hybridized carbons (Fsp3) is 0. The standard InChI is InChI=1S/C12H5Cl2F3/c13-7-2-1-3-8(14)10(7)6-4-5-9(15)12(17)11(6)16/h1-5H. The van der Waals surface area contributed by atoms with Gasteiger partial charge in [-0.15, -0.1) is 0 Å². The Bertz CT molecular complexity index is 562. The first-order valence-corrected chi connectivity index (χ1v) is 5.36. The average molecular weight is 277 g/mol. The lowest BCUT2D eigenvalue weighted by molar-refractivity contribution is 0.449. The molecular weight excluding hydrogens is 272 g/mol. The molecule has 2 rings (SSSR count). The van der Waals surface area contributed by atoms with Crippen LogP contribution in [-0.4, -0.2) is 0 Å². The van der Waals surface area contributed by atoms with Gasteiger partial charge < -0.3 is 0 Å². The Balaban J connectivity index is 2.74. The first kappa shape index (κ1) is 12.3. The quantitative estimate of drug-likeness (QED) is 0.638. The van der Waals surface area contributed by atoms with Crippen molar-refractivity contribution in [2.24, 2.45) is 0 Å². The second-order valence-corrected chi connectivity index (χ2v) is 4.13. The summed E-state index contributed by atoms with van der Waals surface area (Å²) in [5.74, 6) is -4.10. The van der Waals surface area contributed by atoms with E-state index in [-0.39, 0.29) is 21.2 Å². The normalized spacial score (nSPS) is 10.6. The minimum absolute atomic E-state index is 0.146. The van der Waals surface area contributed by atoms with Gasteiger partial charge in [0.25, 0.3) is 0 Å². The lowest BCUT2D eigenvalue weighted by Gasteiger charge is -2.08. The Morgan fingerprint density at radius 1 is 0.765 bits per heavy atom. The van der Waals surface area contributed by atoms with Crippen molar-refractivity contribution >= 4 is 23.2 Å². The van der Waals surface area contributed by atoms with E-state index in [9.17, 15) is 13.2 Å². The molecule has 0 aliphatic carbocycles. The molecule has 88 valence electrons. The number of hydrogen-bond donors (Lipinski definition) is 0. The van der Waals surface area contributed by atoms with Gasteiger partial charge in [-0.25, -0.2) is 13.2 Å². The van der Waals surface area contributed by atoms with Gasteiger partial charge in [0.15, 0.2) is 17.5 Å². The second kappa shape index (κ2) is 4.59. The number of halogens is 5. The first-order chi connectivity index (χ1) is 8.02. The Labute approximate surface area is 106 Å². The second-order valence-electron chi connectivity index (χ2n) is 3.32. The van der Waals surface area contributed by atoms with Gasteiger partial charge in [-0.3, -0.25) is 0 Å². The van der Waals surface area contributed by atoms with Crippen molar-refractivity contribution in [2.45, 2.75) is 0 Å². The van der Waals surface area contributed by atoms with E-state index in [4.69, 9.17) is 23.2 Å². The smallest absolute Gasteiger partial charge is 0.195 e. The zero-order valence-corrected chi connectivity index (χ0v) is 9.79. The van der Waals surface area contributed by atoms with Gasteiger partial charge in [0.1, 0.15) is 0 Å². The molecule has 0 heterocycles. The summed E-state index contributed by atoms with van der Waals surface area (Å²) in [6.07, 6.45) is 0. The van der Waals surface area contributed by atoms with E-state index in [1.54, 1.807) is 6.07 Å². The number of rotatable bonds is 1. The summed E-state index contributed by atoms with van der Waals surface area (Å²) in [6, 6.07) is 6.48. The summed E-state index contributed by atoms with van der Waals surface area (Å²) in [4.78, 5) is 0. The molecule has 0 bridgehead atoms. The predicted molar refractivity (Wildman–Crippen MR) is 61.8 cm³/mol. The summed E-state index contributed by atoms with van der Waals surface area (Å²) < 4.78 is 39.5. The van der Waals surface area contributed by atoms with Crippen LogP contribution in [0, 0.1) is 17.5 Å². The Morgan fingerprint density at radius 3 is 1.94 bits per heavy atom. The molecule has 0 saturated heterocycles. The molecule has 5 heteroatoms. The molecular formula is C12H5Cl2F3. The topological polar surface area (TPSA) is 0 Å². The third-order valence-electron chi connectivity index (χ3n) is 2.27. The summed E-state index contributed by atoms with van der Waals surface area (Å²) in [7, 11) is 0. The van der Waals surface area contributed by atoms with Crippen LogP contribution >= 0.6 is 23.2 Å². The van der Waals surface area contributed by atoms with Gasteiger partial charge in [-0.05, 0) is 24.3 Å². The first-order valence-electron chi connectivity index (χ1n) is 4.60. The SMILES string of the molecule is Fc1ccc(-c2c(Cl)cccc2Cl)c(F)c1F. The van der Waals surface area contributed by atoms with Crippen molar-refractivity contribution in [2.75, 3.05) is 0 Å². The fourth-order valence-corrected chi connectivity index (χ4v) is 2.08. The van der Waals surface area contributed by atoms with Crippen molar-refractivity contribution in [1.82, 2.24) is 0 Å². The molecule has 0 atom stereocenters. The zero-order valence-electron chi connectivity index (χ0n) is 8.28. The summed E-state index contributed by atoms with van der Waals surface area (Å²) in [6.45, 7) is 0. The third-order valence-corrected chi connectivity index (χ3v) is 2.90. The van der Waals surface area contributed by atoms with Crippen LogP contribution in [0.4, 0.5) is 13.2 Å². The summed E-state index contributed by atoms with van der Waals surface area (Å²) in [5.41, 5.74) is -0.0215. The maximum absolute atomic E-state index is 13.6. The van der Waals surface area contributed by atoms with E-state index in [0.717, 1.165) is 12.1 Å². The Hall–Kier alpha value is -1.19. The van der Waals surface area contributed by atoms with Crippen molar-refractivity contribution in [3.05, 3.63) is 57.8 Å². The van der Waals surface area contributed by atoms with Crippen LogP contribution in [-0.2, 0) is 0 Å². The predicted octanol–water partition coefficient (Wildman–Crippen LogP) is 5.08. The van der Waals surface area contributed by atoms with Gasteiger partial charge in [0, 0.05) is 21.2 Å². The minimum atomic E-state index is -1.54. The largest absolute Gasteiger partial charge is 0.204 e. The van der Waals surface area contributed by atoms with Crippen LogP contribution in [0.1, 0.15) is 0 Å². The molecule has 2 aromatic rings. The lowest BCUT2D eigenvalue weighted by atomic mass is 10.0. The van der Waals surface area contributed by atoms with Gasteiger partial charge in [0.2, 0.25) is 0 Å². The molecule has 0 fully saturated rings. The van der Waals surface area contributed by atoms with E-state index in [1.165, 1.54) is 12.1 Å². The molecule has 0 aliphatic heterocycles. The van der Waals surface area contributed by atoms with Gasteiger partial charge in [-0.1, -0.05) is 29.3 Å². The van der Waals surface area contributed by atoms with E-state index < -0.39 is 17.5 Å². The van der Waals surface area contributed by atoms with Crippen molar-refractivity contribution < 1.29 is 13.2 Å². The van der Waals surface area contributed by atoms with Crippen LogP contribution in [0.15, 0.2) is 30.3 Å². The summed E-state index contributed by atoms with van der Waals surface area (Å²) in [5, 5.41) is 0.338. The molecule has 0 unspecified atom stereocenters. The lowest BCUT2D eigenvalue weighted by Crippen LogP contribution is -1.94. The monoisotopic (exact) mass is 276 g/mol. The molecule has 0 saturated carbocycles. The van der Waals surface area contributed by atoms with Crippen LogP contribution in [0.3, 0.4) is 0 Å². The molecule has 0 radical (unpaired) electrons. The van der Waals surface area contributed by atoms with E-state index in [1.807, 2.05) is 0 Å². The average Bonchev–Trinajstić information content (AvgIpc) is 2.29. The molecule has 0 amide bonds. The van der Waals surface area contributed by atoms with Crippen LogP contribution < -0.4 is 0 Å². The van der Waals surface area contributed by atoms with Crippen LogP contribution in [0.2, 0.25) is 10.0 Å². The molecule has 0 spiro atoms. The summed E-state index contributed by atoms with van der Waals surface area (Å²) >= 11 is 11.7. The number of hydrogen-bond acceptors (Lipinski definition) is 0. The van der Waals surface area contributed by atoms with E-state index in [2.05, 4.69) is 0 Å². The molecule has 0 aliphatic rings. The maximum atomic E-state index is 13.6. The fourth-order valence-electron chi connectivity index (χ4n) is 1.47. The highest BCUT2D eigenvalue weighted by Crippen LogP contribution is 2.36. The number of benzene rings is 2. The van der Waals surface area contributed by atoms with Crippen LogP contribution in [0.25, 0.3) is 11.1 Å². The zero-order chi connectivity index (χ0) is 12.6. The highest BCUT2D eigenvalue weighted by Gasteiger charge is 2.18. The van der Waals surface area contributed by atoms with Gasteiger partial charge in [-0.2, -0.15) is 0 Å². The van der Waals surface area contributed by atoms with Gasteiger partial charge >= 0.3 is 0 Å². The highest BCUT2D eigenvalue weighted by molar-refractivity contribution is 6.39. The Kier molecular flexibility index (Phi) is 3.31. The van der Waals surface area contributed by atoms with E-state index >= 15 is 0 Å². The van der Waals surface area contributed by atoms with Crippen LogP contribution in [0.5, 0.6) is 0 Å². The molecule has 2 aromatic carbocycles. The molecule has 0 nitrogen and oxygen atoms in total. The highest BCUT2D eigenvalue weighted by atomic mass is 35.5. The molecule has 0 aromatic heterocycles. The van der Waals surface area contributed by atoms with Crippen molar-refractivity contribution in [3.8, 4) is 11.1 Å². The Morgan fingerprint density at radius 2 is 1.35 bits per heavy atom. The van der Waals surface area contributed by atoms with Crippen molar-refractivity contribution in [1.29, 1.82) is 0 Å². The third kappa shape index (κ3) is 2.13. The minimum Gasteiger partial charge on any atom is -0.204 e. The maximum Gasteiger partial charge on any atom is 0.195 e. The van der Waals surface area contributed by atoms with Gasteiger partial charge in [0.05, 0.1) is 0 Å².